The van der Waals surface area contributed by atoms with Crippen LogP contribution in [0.5, 0.6) is 0 Å². The fourth-order valence-corrected chi connectivity index (χ4v) is 0.654. The second-order valence-corrected chi connectivity index (χ2v) is 2.91. The maximum absolute atomic E-state index is 9.93. The summed E-state index contributed by atoms with van der Waals surface area (Å²) in [6.07, 6.45) is 0. The zero-order valence-electron chi connectivity index (χ0n) is 5.88. The van der Waals surface area contributed by atoms with Gasteiger partial charge in [-0.15, -0.1) is 0 Å². The van der Waals surface area contributed by atoms with Crippen LogP contribution in [-0.2, 0) is 84.1 Å². The van der Waals surface area contributed by atoms with Crippen LogP contribution in [-0.4, -0.2) is 30.6 Å². The summed E-state index contributed by atoms with van der Waals surface area (Å²) in [5.74, 6) is -1.89. The van der Waals surface area contributed by atoms with E-state index in [4.69, 9.17) is 9.66 Å². The van der Waals surface area contributed by atoms with Crippen LogP contribution in [0.4, 0.5) is 0 Å². The van der Waals surface area contributed by atoms with E-state index in [9.17, 15) is 8.42 Å². The molecule has 0 aromatic heterocycles. The van der Waals surface area contributed by atoms with E-state index in [0.29, 0.717) is 0 Å². The molecule has 79 valence electrons. The Morgan fingerprint density at radius 3 is 2.00 bits per heavy atom. The quantitative estimate of drug-likeness (QED) is 0.212. The van der Waals surface area contributed by atoms with Crippen LogP contribution in [0.2, 0.25) is 0 Å². The van der Waals surface area contributed by atoms with Crippen molar-refractivity contribution in [2.75, 3.05) is 6.54 Å². The Balaban J connectivity index is -0.000000333. The summed E-state index contributed by atoms with van der Waals surface area (Å²) >= 11 is 0. The van der Waals surface area contributed by atoms with Crippen molar-refractivity contribution < 1.29 is 91.9 Å². The minimum absolute atomic E-state index is 0. The van der Waals surface area contributed by atoms with Crippen LogP contribution >= 0.6 is 0 Å². The van der Waals surface area contributed by atoms with E-state index < -0.39 is 22.8 Å². The number of hydrogen-bond donors (Lipinski definition) is 3. The number of hydrogen-bond acceptors (Lipinski definition) is 5. The minimum Gasteiger partial charge on any atom is -0.339 e. The van der Waals surface area contributed by atoms with Gasteiger partial charge in [-0.05, 0) is 0 Å². The molecule has 1 radical (unpaired) electrons. The monoisotopic (exact) mass is 418 g/mol. The first-order valence-corrected chi connectivity index (χ1v) is 3.67. The van der Waals surface area contributed by atoms with Crippen LogP contribution < -0.4 is 4.72 Å². The molecule has 0 amide bonds. The molecule has 0 saturated carbocycles. The van der Waals surface area contributed by atoms with E-state index in [1.165, 1.54) is 0 Å². The Morgan fingerprint density at radius 1 is 1.38 bits per heavy atom. The van der Waals surface area contributed by atoms with Crippen LogP contribution in [0, 0.1) is 0 Å². The fourth-order valence-electron chi connectivity index (χ4n) is 0.289. The molecule has 1 aliphatic rings. The molecule has 0 unspecified atom stereocenters. The zero-order chi connectivity index (χ0) is 7.83. The number of rotatable bonds is 3. The molecule has 0 aliphatic carbocycles. The average Bonchev–Trinajstić information content (AvgIpc) is 2.43. The normalized spacial score (nSPS) is 17.4. The van der Waals surface area contributed by atoms with Crippen molar-refractivity contribution in [3.63, 3.8) is 0 Å². The van der Waals surface area contributed by atoms with E-state index in [0.717, 1.165) is 0 Å². The topological polar surface area (TPSA) is 112 Å². The van der Waals surface area contributed by atoms with Gasteiger partial charge in [0.05, 0.1) is 6.54 Å². The Hall–Kier alpha value is 1.83. The average molecular weight is 417 g/mol. The van der Waals surface area contributed by atoms with Crippen LogP contribution in [0.3, 0.4) is 0 Å². The molecule has 13 heavy (non-hydrogen) atoms. The van der Waals surface area contributed by atoms with E-state index in [2.05, 4.69) is 9.78 Å². The molecule has 1 aliphatic heterocycles. The Bertz CT molecular complexity index is 231. The van der Waals surface area contributed by atoms with Gasteiger partial charge in [-0.3, -0.25) is 4.55 Å². The van der Waals surface area contributed by atoms with Gasteiger partial charge in [0.25, 0.3) is 0 Å². The second kappa shape index (κ2) is 7.16. The first-order chi connectivity index (χ1) is 4.41. The van der Waals surface area contributed by atoms with E-state index in [1.54, 1.807) is 4.72 Å². The minimum atomic E-state index is -4.29. The maximum Gasteiger partial charge on any atom is 0.351 e. The summed E-state index contributed by atoms with van der Waals surface area (Å²) < 4.78 is 29.5. The summed E-state index contributed by atoms with van der Waals surface area (Å²) in [7, 11) is -4.29. The molecule has 1 rings (SSSR count). The van der Waals surface area contributed by atoms with Gasteiger partial charge < -0.3 is 5.11 Å². The Kier molecular flexibility index (Phi) is 11.2. The van der Waals surface area contributed by atoms with Gasteiger partial charge in [0.2, 0.25) is 0 Å². The molecule has 1 saturated heterocycles. The number of nitrogens with one attached hydrogen (secondary N) is 1. The van der Waals surface area contributed by atoms with Crippen molar-refractivity contribution in [3.05, 3.63) is 0 Å². The predicted octanol–water partition coefficient (Wildman–Crippen LogP) is -2.02. The van der Waals surface area contributed by atoms with Crippen molar-refractivity contribution in [2.45, 2.75) is 5.97 Å². The fraction of sp³-hybridized carbons (Fsp3) is 1.00. The largest absolute Gasteiger partial charge is 0.351 e. The van der Waals surface area contributed by atoms with Crippen LogP contribution in [0.15, 0.2) is 0 Å². The first kappa shape index (κ1) is 20.3. The zero-order valence-corrected chi connectivity index (χ0v) is 12.2. The van der Waals surface area contributed by atoms with E-state index in [1.807, 2.05) is 0 Å². The maximum atomic E-state index is 9.93. The van der Waals surface area contributed by atoms with E-state index in [-0.39, 0.29) is 64.0 Å². The summed E-state index contributed by atoms with van der Waals surface area (Å²) in [6.45, 7) is -0.536. The van der Waals surface area contributed by atoms with Gasteiger partial charge in [-0.1, -0.05) is 0 Å². The first-order valence-electron chi connectivity index (χ1n) is 2.23. The van der Waals surface area contributed by atoms with Crippen LogP contribution in [0.25, 0.3) is 0 Å². The predicted molar refractivity (Wildman–Crippen MR) is 26.7 cm³/mol. The third-order valence-electron chi connectivity index (χ3n) is 0.754. The smallest absolute Gasteiger partial charge is 0.339 e. The van der Waals surface area contributed by atoms with Gasteiger partial charge in [-0.2, -0.15) is 22.9 Å². The number of aliphatic hydroxyl groups is 1. The third-order valence-corrected chi connectivity index (χ3v) is 1.26. The molecule has 0 aromatic carbocycles. The standard InChI is InChI=1S/C2H5NO6S.Co.Mo.Zr/c4-2(8-9-2)1-3-10(5,6)7;;;/h3-4H,1H2,(H,5,6,7);;;. The molecule has 0 spiro atoms. The Labute approximate surface area is 118 Å². The summed E-state index contributed by atoms with van der Waals surface area (Å²) in [5, 5.41) is 8.61. The van der Waals surface area contributed by atoms with Gasteiger partial charge in [-0.25, -0.2) is 0 Å². The van der Waals surface area contributed by atoms with Gasteiger partial charge >= 0.3 is 16.3 Å². The molecule has 11 heteroatoms. The van der Waals surface area contributed by atoms with Crippen molar-refractivity contribution in [3.8, 4) is 0 Å². The van der Waals surface area contributed by atoms with Gasteiger partial charge in [0, 0.05) is 64.0 Å². The molecule has 3 N–H and O–H groups in total. The third kappa shape index (κ3) is 10.1. The van der Waals surface area contributed by atoms with Crippen molar-refractivity contribution >= 4 is 10.3 Å². The molecule has 1 fully saturated rings. The Morgan fingerprint density at radius 2 is 1.77 bits per heavy atom. The molecular formula is C2H5CoMoNO6SZr. The molecule has 0 aromatic rings. The summed E-state index contributed by atoms with van der Waals surface area (Å²) in [6, 6.07) is 0. The second-order valence-electron chi connectivity index (χ2n) is 1.68. The van der Waals surface area contributed by atoms with Gasteiger partial charge in [0.15, 0.2) is 0 Å². The molecule has 0 atom stereocenters. The molecular weight excluding hydrogens is 412 g/mol. The summed E-state index contributed by atoms with van der Waals surface area (Å²) in [5.41, 5.74) is 0. The van der Waals surface area contributed by atoms with E-state index >= 15 is 0 Å². The van der Waals surface area contributed by atoms with Crippen LogP contribution in [0.1, 0.15) is 0 Å². The van der Waals surface area contributed by atoms with Crippen molar-refractivity contribution in [1.29, 1.82) is 0 Å². The summed E-state index contributed by atoms with van der Waals surface area (Å²) in [4.78, 5) is 7.82. The van der Waals surface area contributed by atoms with Gasteiger partial charge in [0.1, 0.15) is 0 Å². The molecule has 7 nitrogen and oxygen atoms in total. The van der Waals surface area contributed by atoms with Crippen molar-refractivity contribution in [1.82, 2.24) is 4.72 Å². The molecule has 0 bridgehead atoms. The van der Waals surface area contributed by atoms with Crippen molar-refractivity contribution in [2.24, 2.45) is 0 Å². The SMILES string of the molecule is O=S(=O)(O)NCC1(O)OO1.[Co].[Mo].[Zr]. The molecule has 1 heterocycles.